The Morgan fingerprint density at radius 3 is 1.53 bits per heavy atom. The molecule has 0 amide bonds. The Bertz CT molecular complexity index is 425. The minimum absolute atomic E-state index is 0.617. The predicted molar refractivity (Wildman–Crippen MR) is 90.0 cm³/mol. The average Bonchev–Trinajstić information content (AvgIpc) is 2.35. The normalized spacial score (nSPS) is 11.9. The molecule has 0 aliphatic rings. The SMILES string of the molecule is C=C(N)/C(C)=C(/C=C(\C)C(=C)C)C(C)=C(C)C.CC. The number of hydrogen-bond donors (Lipinski definition) is 1. The number of rotatable bonds is 4. The van der Waals surface area contributed by atoms with E-state index >= 15 is 0 Å². The Kier molecular flexibility index (Phi) is 9.85. The van der Waals surface area contributed by atoms with Crippen LogP contribution in [0.5, 0.6) is 0 Å². The summed E-state index contributed by atoms with van der Waals surface area (Å²) in [5.41, 5.74) is 13.4. The molecule has 108 valence electrons. The van der Waals surface area contributed by atoms with Crippen LogP contribution in [0.4, 0.5) is 0 Å². The van der Waals surface area contributed by atoms with Gasteiger partial charge >= 0.3 is 0 Å². The van der Waals surface area contributed by atoms with Gasteiger partial charge in [0.15, 0.2) is 0 Å². The van der Waals surface area contributed by atoms with Crippen LogP contribution < -0.4 is 5.73 Å². The maximum Gasteiger partial charge on any atom is 0.0276 e. The van der Waals surface area contributed by atoms with Crippen LogP contribution in [0.2, 0.25) is 0 Å². The van der Waals surface area contributed by atoms with Crippen LogP contribution in [0.15, 0.2) is 58.4 Å². The highest BCUT2D eigenvalue weighted by Crippen LogP contribution is 2.24. The second-order valence-corrected chi connectivity index (χ2v) is 4.80. The summed E-state index contributed by atoms with van der Waals surface area (Å²) in [5.74, 6) is 0. The van der Waals surface area contributed by atoms with Crippen LogP contribution in [-0.2, 0) is 0 Å². The standard InChI is InChI=1S/C16H25N.C2H6/c1-10(2)12(5)9-16(13(6)11(3)4)14(7)15(8)17;1-2/h9H,1,8,17H2,2-7H3;1-2H3/b12-9+,16-14-;. The molecular formula is C18H31N. The van der Waals surface area contributed by atoms with Crippen LogP contribution in [0.1, 0.15) is 55.4 Å². The van der Waals surface area contributed by atoms with E-state index in [9.17, 15) is 0 Å². The minimum Gasteiger partial charge on any atom is -0.399 e. The summed E-state index contributed by atoms with van der Waals surface area (Å²) in [6.45, 7) is 24.2. The highest BCUT2D eigenvalue weighted by atomic mass is 14.6. The van der Waals surface area contributed by atoms with Gasteiger partial charge in [-0.25, -0.2) is 0 Å². The fourth-order valence-electron chi connectivity index (χ4n) is 1.28. The van der Waals surface area contributed by atoms with Crippen molar-refractivity contribution in [3.8, 4) is 0 Å². The molecular weight excluding hydrogens is 230 g/mol. The van der Waals surface area contributed by atoms with Gasteiger partial charge in [-0.05, 0) is 63.8 Å². The molecule has 0 rings (SSSR count). The lowest BCUT2D eigenvalue weighted by Crippen LogP contribution is -2.01. The van der Waals surface area contributed by atoms with E-state index in [4.69, 9.17) is 5.73 Å². The first kappa shape index (κ1) is 19.8. The maximum absolute atomic E-state index is 5.80. The van der Waals surface area contributed by atoms with Crippen molar-refractivity contribution in [2.45, 2.75) is 55.4 Å². The summed E-state index contributed by atoms with van der Waals surface area (Å²) in [6.07, 6.45) is 2.14. The van der Waals surface area contributed by atoms with Gasteiger partial charge in [0.05, 0.1) is 0 Å². The van der Waals surface area contributed by atoms with Gasteiger partial charge in [0, 0.05) is 5.70 Å². The molecule has 0 saturated carbocycles. The Balaban J connectivity index is 0. The lowest BCUT2D eigenvalue weighted by Gasteiger charge is -2.13. The van der Waals surface area contributed by atoms with Crippen LogP contribution in [0.25, 0.3) is 0 Å². The lowest BCUT2D eigenvalue weighted by molar-refractivity contribution is 1.19. The molecule has 0 fully saturated rings. The molecule has 0 aromatic heterocycles. The van der Waals surface area contributed by atoms with Gasteiger partial charge in [0.25, 0.3) is 0 Å². The lowest BCUT2D eigenvalue weighted by atomic mass is 9.94. The monoisotopic (exact) mass is 261 g/mol. The molecule has 0 saturated heterocycles. The molecule has 0 aliphatic carbocycles. The van der Waals surface area contributed by atoms with Gasteiger partial charge in [-0.1, -0.05) is 44.2 Å². The first-order valence-electron chi connectivity index (χ1n) is 6.82. The van der Waals surface area contributed by atoms with Crippen molar-refractivity contribution < 1.29 is 0 Å². The molecule has 0 bridgehead atoms. The third-order valence-corrected chi connectivity index (χ3v) is 3.07. The van der Waals surface area contributed by atoms with E-state index < -0.39 is 0 Å². The van der Waals surface area contributed by atoms with Crippen molar-refractivity contribution in [2.24, 2.45) is 5.73 Å². The zero-order valence-electron chi connectivity index (χ0n) is 14.1. The molecule has 1 heteroatoms. The highest BCUT2D eigenvalue weighted by Gasteiger charge is 2.06. The topological polar surface area (TPSA) is 26.0 Å². The van der Waals surface area contributed by atoms with Crippen molar-refractivity contribution in [3.05, 3.63) is 58.4 Å². The van der Waals surface area contributed by atoms with Crippen molar-refractivity contribution in [2.75, 3.05) is 0 Å². The van der Waals surface area contributed by atoms with E-state index in [0.717, 1.165) is 16.7 Å². The van der Waals surface area contributed by atoms with Crippen molar-refractivity contribution in [3.63, 3.8) is 0 Å². The van der Waals surface area contributed by atoms with Gasteiger partial charge in [0.2, 0.25) is 0 Å². The molecule has 0 spiro atoms. The van der Waals surface area contributed by atoms with E-state index in [0.29, 0.717) is 5.70 Å². The molecule has 0 aromatic rings. The van der Waals surface area contributed by atoms with Crippen molar-refractivity contribution in [1.82, 2.24) is 0 Å². The molecule has 0 atom stereocenters. The summed E-state index contributed by atoms with van der Waals surface area (Å²) in [7, 11) is 0. The van der Waals surface area contributed by atoms with Crippen molar-refractivity contribution in [1.29, 1.82) is 0 Å². The second-order valence-electron chi connectivity index (χ2n) is 4.80. The second kappa shape index (κ2) is 9.43. The highest BCUT2D eigenvalue weighted by molar-refractivity contribution is 5.51. The zero-order chi connectivity index (χ0) is 15.7. The fraction of sp³-hybridized carbons (Fsp3) is 0.444. The first-order valence-corrected chi connectivity index (χ1v) is 6.82. The third kappa shape index (κ3) is 6.85. The number of hydrogen-bond acceptors (Lipinski definition) is 1. The summed E-state index contributed by atoms with van der Waals surface area (Å²) in [6, 6.07) is 0. The molecule has 0 aliphatic heterocycles. The maximum atomic E-state index is 5.80. The molecule has 0 aromatic carbocycles. The quantitative estimate of drug-likeness (QED) is 0.647. The van der Waals surface area contributed by atoms with E-state index in [1.165, 1.54) is 16.7 Å². The van der Waals surface area contributed by atoms with E-state index in [-0.39, 0.29) is 0 Å². The summed E-state index contributed by atoms with van der Waals surface area (Å²) >= 11 is 0. The van der Waals surface area contributed by atoms with E-state index in [1.807, 2.05) is 27.7 Å². The molecule has 0 radical (unpaired) electrons. The molecule has 0 unspecified atom stereocenters. The van der Waals surface area contributed by atoms with Gasteiger partial charge in [0.1, 0.15) is 0 Å². The average molecular weight is 261 g/mol. The Labute approximate surface area is 120 Å². The minimum atomic E-state index is 0.617. The number of nitrogens with two attached hydrogens (primary N) is 1. The van der Waals surface area contributed by atoms with Crippen LogP contribution >= 0.6 is 0 Å². The molecule has 2 N–H and O–H groups in total. The van der Waals surface area contributed by atoms with Gasteiger partial charge in [-0.2, -0.15) is 0 Å². The Morgan fingerprint density at radius 1 is 0.842 bits per heavy atom. The smallest absolute Gasteiger partial charge is 0.0276 e. The summed E-state index contributed by atoms with van der Waals surface area (Å²) < 4.78 is 0. The summed E-state index contributed by atoms with van der Waals surface area (Å²) in [5, 5.41) is 0. The number of allylic oxidation sites excluding steroid dienone is 7. The van der Waals surface area contributed by atoms with Gasteiger partial charge in [-0.3, -0.25) is 0 Å². The molecule has 0 heterocycles. The Hall–Kier alpha value is -1.50. The third-order valence-electron chi connectivity index (χ3n) is 3.07. The van der Waals surface area contributed by atoms with Gasteiger partial charge in [-0.15, -0.1) is 0 Å². The fourth-order valence-corrected chi connectivity index (χ4v) is 1.28. The Morgan fingerprint density at radius 2 is 1.26 bits per heavy atom. The van der Waals surface area contributed by atoms with E-state index in [1.54, 1.807) is 0 Å². The predicted octanol–water partition coefficient (Wildman–Crippen LogP) is 5.68. The molecule has 1 nitrogen and oxygen atoms in total. The largest absolute Gasteiger partial charge is 0.399 e. The van der Waals surface area contributed by atoms with Gasteiger partial charge < -0.3 is 5.73 Å². The summed E-state index contributed by atoms with van der Waals surface area (Å²) in [4.78, 5) is 0. The van der Waals surface area contributed by atoms with E-state index in [2.05, 4.69) is 46.9 Å². The van der Waals surface area contributed by atoms with Crippen LogP contribution in [0, 0.1) is 0 Å². The van der Waals surface area contributed by atoms with Crippen molar-refractivity contribution >= 4 is 0 Å². The van der Waals surface area contributed by atoms with Crippen LogP contribution in [-0.4, -0.2) is 0 Å². The first-order chi connectivity index (χ1) is 8.68. The van der Waals surface area contributed by atoms with Crippen LogP contribution in [0.3, 0.4) is 0 Å². The zero-order valence-corrected chi connectivity index (χ0v) is 14.1. The molecule has 19 heavy (non-hydrogen) atoms.